The molecule has 19 heavy (non-hydrogen) atoms. The van der Waals surface area contributed by atoms with Crippen LogP contribution in [-0.4, -0.2) is 24.0 Å². The third kappa shape index (κ3) is 7.34. The van der Waals surface area contributed by atoms with Crippen LogP contribution in [0.5, 0.6) is 0 Å². The van der Waals surface area contributed by atoms with E-state index in [4.69, 9.17) is 26.0 Å². The standard InChI is InChI=1S/C14H28NP.2ClH.Co/c15-11-12-16(13-7-3-1-4-8-13)14-9-5-2-6-10-14;;;/h13-14H,1-12,15H2;2*1H;/q;;;+2/p-2. The molecule has 0 aliphatic heterocycles. The van der Waals surface area contributed by atoms with Crippen LogP contribution in [0.15, 0.2) is 0 Å². The molecule has 2 aliphatic rings. The summed E-state index contributed by atoms with van der Waals surface area (Å²) in [6.07, 6.45) is 16.5. The predicted octanol–water partition coefficient (Wildman–Crippen LogP) is 5.47. The fourth-order valence-corrected chi connectivity index (χ4v) is 7.32. The number of hydrogen-bond donors (Lipinski definition) is 1. The zero-order valence-electron chi connectivity index (χ0n) is 11.8. The Bertz CT molecular complexity index is 192. The SMILES string of the molecule is NCCP(C1CCCCC1)C1CCCCC1.[Cl][Co][Cl]. The van der Waals surface area contributed by atoms with Gasteiger partial charge in [0.2, 0.25) is 0 Å². The summed E-state index contributed by atoms with van der Waals surface area (Å²) in [5.74, 6) is 0. The molecule has 0 radical (unpaired) electrons. The molecule has 2 N–H and O–H groups in total. The van der Waals surface area contributed by atoms with Crippen LogP contribution in [0.3, 0.4) is 0 Å². The van der Waals surface area contributed by atoms with Gasteiger partial charge in [0, 0.05) is 0 Å². The van der Waals surface area contributed by atoms with Gasteiger partial charge in [-0.1, -0.05) is 46.4 Å². The summed E-state index contributed by atoms with van der Waals surface area (Å²) in [6, 6.07) is 0. The summed E-state index contributed by atoms with van der Waals surface area (Å²) in [4.78, 5) is 0. The summed E-state index contributed by atoms with van der Waals surface area (Å²) in [7, 11) is 9.74. The molecule has 0 aromatic carbocycles. The molecule has 2 saturated carbocycles. The maximum atomic E-state index is 5.86. The molecule has 2 rings (SSSR count). The molecule has 0 aromatic heterocycles. The quantitative estimate of drug-likeness (QED) is 0.652. The molecule has 0 unspecified atom stereocenters. The fraction of sp³-hybridized carbons (Fsp3) is 1.00. The Hall–Kier alpha value is 1.48. The average Bonchev–Trinajstić information content (AvgIpc) is 2.47. The van der Waals surface area contributed by atoms with Crippen molar-refractivity contribution in [3.8, 4) is 0 Å². The van der Waals surface area contributed by atoms with E-state index in [1.54, 1.807) is 0 Å². The van der Waals surface area contributed by atoms with Crippen LogP contribution in [0.25, 0.3) is 0 Å². The number of rotatable bonds is 4. The van der Waals surface area contributed by atoms with E-state index in [1.165, 1.54) is 70.4 Å². The minimum absolute atomic E-state index is 0.278. The molecule has 2 aliphatic carbocycles. The fourth-order valence-electron chi connectivity index (χ4n) is 3.64. The predicted molar refractivity (Wildman–Crippen MR) is 86.3 cm³/mol. The van der Waals surface area contributed by atoms with Crippen molar-refractivity contribution in [2.45, 2.75) is 75.5 Å². The van der Waals surface area contributed by atoms with E-state index in [1.807, 2.05) is 0 Å². The molecular weight excluding hydrogens is 343 g/mol. The van der Waals surface area contributed by atoms with Crippen LogP contribution in [0, 0.1) is 0 Å². The van der Waals surface area contributed by atoms with Crippen LogP contribution < -0.4 is 5.73 Å². The van der Waals surface area contributed by atoms with E-state index < -0.39 is 0 Å². The number of hydrogen-bond acceptors (Lipinski definition) is 1. The Balaban J connectivity index is 0.000000550. The van der Waals surface area contributed by atoms with E-state index in [0.717, 1.165) is 17.9 Å². The van der Waals surface area contributed by atoms with Gasteiger partial charge in [-0.05, 0) is 49.7 Å². The van der Waals surface area contributed by atoms with Crippen molar-refractivity contribution in [3.05, 3.63) is 0 Å². The molecule has 1 nitrogen and oxygen atoms in total. The summed E-state index contributed by atoms with van der Waals surface area (Å²) < 4.78 is 0. The van der Waals surface area contributed by atoms with E-state index in [2.05, 4.69) is 0 Å². The minimum atomic E-state index is 0.278. The van der Waals surface area contributed by atoms with Crippen molar-refractivity contribution in [2.24, 2.45) is 5.73 Å². The van der Waals surface area contributed by atoms with Crippen molar-refractivity contribution >= 4 is 28.2 Å². The van der Waals surface area contributed by atoms with Gasteiger partial charge in [-0.3, -0.25) is 0 Å². The van der Waals surface area contributed by atoms with Gasteiger partial charge >= 0.3 is 33.2 Å². The van der Waals surface area contributed by atoms with Crippen LogP contribution in [0.1, 0.15) is 64.2 Å². The average molecular weight is 371 g/mol. The van der Waals surface area contributed by atoms with E-state index in [0.29, 0.717) is 12.9 Å². The first-order valence-corrected chi connectivity index (χ1v) is 12.2. The van der Waals surface area contributed by atoms with Gasteiger partial charge in [0.1, 0.15) is 0 Å². The number of nitrogens with two attached hydrogens (primary N) is 1. The van der Waals surface area contributed by atoms with Crippen LogP contribution in [0.4, 0.5) is 0 Å². The Kier molecular flexibility index (Phi) is 11.8. The first-order valence-electron chi connectivity index (χ1n) is 7.63. The van der Waals surface area contributed by atoms with Crippen molar-refractivity contribution in [1.82, 2.24) is 0 Å². The van der Waals surface area contributed by atoms with Crippen LogP contribution in [0.2, 0.25) is 0 Å². The van der Waals surface area contributed by atoms with Gasteiger partial charge in [-0.15, -0.1) is 0 Å². The Morgan fingerprint density at radius 3 is 1.53 bits per heavy atom. The van der Waals surface area contributed by atoms with Gasteiger partial charge in [0.15, 0.2) is 0 Å². The third-order valence-corrected chi connectivity index (χ3v) is 8.16. The van der Waals surface area contributed by atoms with Gasteiger partial charge in [-0.2, -0.15) is 0 Å². The summed E-state index contributed by atoms with van der Waals surface area (Å²) in [5, 5.41) is 0. The van der Waals surface area contributed by atoms with Gasteiger partial charge in [0.25, 0.3) is 0 Å². The molecular formula is C14H28Cl2CoNP. The number of halogens is 2. The molecule has 2 fully saturated rings. The molecule has 5 heteroatoms. The zero-order chi connectivity index (χ0) is 13.9. The second-order valence-corrected chi connectivity index (χ2v) is 10.3. The first-order chi connectivity index (χ1) is 9.33. The van der Waals surface area contributed by atoms with Crippen molar-refractivity contribution in [1.29, 1.82) is 0 Å². The molecule has 0 atom stereocenters. The van der Waals surface area contributed by atoms with Gasteiger partial charge in [-0.25, -0.2) is 0 Å². The molecule has 0 bridgehead atoms. The summed E-state index contributed by atoms with van der Waals surface area (Å²) >= 11 is 0.382. The molecule has 0 saturated heterocycles. The van der Waals surface area contributed by atoms with Crippen molar-refractivity contribution in [2.75, 3.05) is 12.7 Å². The Labute approximate surface area is 135 Å². The zero-order valence-corrected chi connectivity index (χ0v) is 15.2. The summed E-state index contributed by atoms with van der Waals surface area (Å²) in [5.41, 5.74) is 8.04. The van der Waals surface area contributed by atoms with E-state index in [-0.39, 0.29) is 7.92 Å². The van der Waals surface area contributed by atoms with Crippen molar-refractivity contribution in [3.63, 3.8) is 0 Å². The molecule has 0 heterocycles. The molecule has 0 spiro atoms. The van der Waals surface area contributed by atoms with Crippen molar-refractivity contribution < 1.29 is 12.9 Å². The van der Waals surface area contributed by atoms with E-state index in [9.17, 15) is 0 Å². The van der Waals surface area contributed by atoms with Gasteiger partial charge in [0.05, 0.1) is 0 Å². The van der Waals surface area contributed by atoms with Gasteiger partial charge < -0.3 is 5.73 Å². The Morgan fingerprint density at radius 1 is 0.842 bits per heavy atom. The third-order valence-electron chi connectivity index (χ3n) is 4.47. The molecule has 117 valence electrons. The molecule has 0 amide bonds. The second-order valence-electron chi connectivity index (χ2n) is 5.66. The van der Waals surface area contributed by atoms with Crippen LogP contribution in [-0.2, 0) is 12.9 Å². The maximum absolute atomic E-state index is 5.86. The normalized spacial score (nSPS) is 22.3. The summed E-state index contributed by atoms with van der Waals surface area (Å²) in [6.45, 7) is 0.943. The topological polar surface area (TPSA) is 26.0 Å². The second kappa shape index (κ2) is 12.1. The molecule has 0 aromatic rings. The first kappa shape index (κ1) is 18.5. The van der Waals surface area contributed by atoms with Crippen LogP contribution >= 0.6 is 28.2 Å². The Morgan fingerprint density at radius 2 is 1.21 bits per heavy atom. The van der Waals surface area contributed by atoms with E-state index >= 15 is 0 Å². The monoisotopic (exact) mass is 370 g/mol.